The second kappa shape index (κ2) is 40.9. The maximum Gasteiger partial charge on any atom is 0.489 e. The maximum absolute atomic E-state index is 12.3. The van der Waals surface area contributed by atoms with Crippen molar-refractivity contribution in [3.05, 3.63) is 491 Å². The van der Waals surface area contributed by atoms with Crippen LogP contribution in [0.1, 0.15) is 0 Å². The minimum absolute atomic E-state index is 0.00143. The molecule has 19 aromatic carbocycles. The lowest BCUT2D eigenvalue weighted by molar-refractivity contribution is -0.385. The number of nitrogens with one attached hydrogen (secondary N) is 1. The Balaban J connectivity index is 0.000000112. The van der Waals surface area contributed by atoms with Gasteiger partial charge in [-0.25, -0.2) is 0 Å². The molecule has 0 radical (unpaired) electrons. The van der Waals surface area contributed by atoms with E-state index in [1.54, 1.807) is 66.7 Å². The monoisotopic (exact) mass is 1990 g/mol. The van der Waals surface area contributed by atoms with Gasteiger partial charge < -0.3 is 43.3 Å². The molecule has 0 bridgehead atoms. The fraction of sp³-hybridized carbons (Fsp3) is 0. The molecule has 140 heavy (non-hydrogen) atoms. The number of benzene rings is 19. The van der Waals surface area contributed by atoms with Crippen LogP contribution in [0.4, 0.5) is 17.1 Å². The van der Waals surface area contributed by atoms with Crippen LogP contribution in [-0.4, -0.2) is 72.4 Å². The van der Waals surface area contributed by atoms with Gasteiger partial charge in [0.25, 0.3) is 17.1 Å². The molecule has 0 unspecified atom stereocenters. The third-order valence-corrected chi connectivity index (χ3v) is 27.2. The van der Waals surface area contributed by atoms with Crippen molar-refractivity contribution < 1.29 is 34.9 Å². The fourth-order valence-electron chi connectivity index (χ4n) is 18.7. The zero-order valence-electron chi connectivity index (χ0n) is 73.8. The van der Waals surface area contributed by atoms with Gasteiger partial charge in [0, 0.05) is 143 Å². The smallest absolute Gasteiger partial charge is 0.423 e. The Labute approximate surface area is 834 Å². The van der Waals surface area contributed by atoms with Crippen molar-refractivity contribution in [2.24, 2.45) is 0 Å². The lowest BCUT2D eigenvalue weighted by atomic mass is 9.77. The zero-order valence-corrected chi connectivity index (χ0v) is 79.1. The van der Waals surface area contributed by atoms with E-state index in [1.165, 1.54) is 50.8 Å². The van der Waals surface area contributed by atoms with Crippen LogP contribution in [0.25, 0.3) is 176 Å². The Bertz CT molecular complexity index is 8880. The van der Waals surface area contributed by atoms with Gasteiger partial charge in [-0.15, -0.1) is 0 Å². The summed E-state index contributed by atoms with van der Waals surface area (Å²) >= 11 is 33.9. The van der Waals surface area contributed by atoms with Crippen LogP contribution in [-0.2, 0) is 0 Å². The quantitative estimate of drug-likeness (QED) is 0.0415. The summed E-state index contributed by atoms with van der Waals surface area (Å²) in [5.41, 5.74) is 22.1. The van der Waals surface area contributed by atoms with Gasteiger partial charge in [-0.2, -0.15) is 0 Å². The van der Waals surface area contributed by atoms with Crippen LogP contribution in [0, 0.1) is 30.3 Å². The molecule has 0 aliphatic carbocycles. The average Bonchev–Trinajstić information content (AvgIpc) is 1.63. The van der Waals surface area contributed by atoms with E-state index in [2.05, 4.69) is 185 Å². The van der Waals surface area contributed by atoms with Crippen LogP contribution in [0.15, 0.2) is 435 Å². The molecular formula is C114H76B2BrCl5N8O10. The summed E-state index contributed by atoms with van der Waals surface area (Å²) in [5.74, 6) is 0. The van der Waals surface area contributed by atoms with Crippen molar-refractivity contribution in [1.82, 2.24) is 23.3 Å². The van der Waals surface area contributed by atoms with Crippen LogP contribution < -0.4 is 10.9 Å². The highest BCUT2D eigenvalue weighted by molar-refractivity contribution is 9.10. The molecule has 0 fully saturated rings. The second-order valence-electron chi connectivity index (χ2n) is 32.5. The number of nitro benzene ring substituents is 3. The summed E-state index contributed by atoms with van der Waals surface area (Å²) < 4.78 is 9.22. The van der Waals surface area contributed by atoms with Crippen molar-refractivity contribution in [2.75, 3.05) is 0 Å². The second-order valence-corrected chi connectivity index (χ2v) is 35.4. The Morgan fingerprint density at radius 2 is 0.536 bits per heavy atom. The van der Waals surface area contributed by atoms with Gasteiger partial charge in [0.05, 0.1) is 80.1 Å². The van der Waals surface area contributed by atoms with E-state index in [4.69, 9.17) is 68.1 Å². The molecule has 0 spiro atoms. The predicted molar refractivity (Wildman–Crippen MR) is 579 cm³/mol. The number of halogens is 6. The number of para-hydroxylation sites is 8. The van der Waals surface area contributed by atoms with E-state index < -0.39 is 19.2 Å². The summed E-state index contributed by atoms with van der Waals surface area (Å²) in [5, 5.41) is 84.3. The van der Waals surface area contributed by atoms with Crippen LogP contribution >= 0.6 is 73.9 Å². The number of hydrogen-bond donors (Lipinski definition) is 5. The highest BCUT2D eigenvalue weighted by atomic mass is 79.9. The highest BCUT2D eigenvalue weighted by Crippen LogP contribution is 2.50. The maximum atomic E-state index is 12.3. The van der Waals surface area contributed by atoms with Gasteiger partial charge in [0.15, 0.2) is 0 Å². The number of H-pyrrole nitrogens is 1. The molecule has 0 aliphatic heterocycles. The minimum atomic E-state index is -1.49. The molecule has 0 atom stereocenters. The largest absolute Gasteiger partial charge is 0.489 e. The molecule has 5 N–H and O–H groups in total. The Morgan fingerprint density at radius 1 is 0.236 bits per heavy atom. The first-order valence-electron chi connectivity index (χ1n) is 44.2. The standard InChI is InChI=1S/C30H19ClN2O2.C30H19ClN2.C24H15ClN2O2.C18H14BNO2.C6H6BClO2.C6H3BrClNO2/c31-25-16-6-4-12-21(25)22-14-8-19-28(33(34)35)29(22)24-15-9-18-27-30(24)23-13-5-7-17-26(23)32(27)20-10-2-1-3-11-20;31-23-14-6-4-11-20(23)21-13-8-15-24-28(21)30-25(32-24)17-18-27-29(30)22-12-5-7-16-26(22)33(27)19-9-2-1-3-10-19;25-19-12-7-15-22(27(28)29)24(19)18-11-6-14-21-23(18)17-10-4-5-13-20(17)26(21)16-8-2-1-3-9-16;21-19(22)15-10-6-12-17-18(15)14-9-4-5-11-16(14)20(17)13-7-2-1-3-8-13;8-6-4-2-1-3-5(6)7(9)10;7-6-4(8)2-1-3-5(6)9(10)11/h1-19H;1-18,32H;1-15H;1-12,21-22H;1-4,9-10H;1-3H. The van der Waals surface area contributed by atoms with Crippen molar-refractivity contribution in [1.29, 1.82) is 0 Å². The molecule has 0 saturated heterocycles. The lowest BCUT2D eigenvalue weighted by Crippen LogP contribution is -2.30. The summed E-state index contributed by atoms with van der Waals surface area (Å²) in [6, 6.07) is 139. The normalized spacial score (nSPS) is 11.1. The third kappa shape index (κ3) is 18.0. The van der Waals surface area contributed by atoms with Crippen LogP contribution in [0.2, 0.25) is 25.1 Å². The van der Waals surface area contributed by atoms with E-state index in [-0.39, 0.29) is 26.9 Å². The van der Waals surface area contributed by atoms with Gasteiger partial charge in [0.1, 0.15) is 4.47 Å². The predicted octanol–water partition coefficient (Wildman–Crippen LogP) is 29.9. The minimum Gasteiger partial charge on any atom is -0.423 e. The van der Waals surface area contributed by atoms with Crippen molar-refractivity contribution in [3.63, 3.8) is 0 Å². The molecule has 0 saturated carbocycles. The summed E-state index contributed by atoms with van der Waals surface area (Å²) in [6.07, 6.45) is 0. The van der Waals surface area contributed by atoms with Crippen molar-refractivity contribution in [3.8, 4) is 67.3 Å². The zero-order chi connectivity index (χ0) is 96.9. The van der Waals surface area contributed by atoms with Crippen molar-refractivity contribution in [2.45, 2.75) is 0 Å². The number of nitrogens with zero attached hydrogens (tertiary/aromatic N) is 7. The average molecular weight is 2000 g/mol. The fourth-order valence-corrected chi connectivity index (χ4v) is 20.2. The SMILES string of the molecule is Clc1ccccc1-c1cccc2[nH]c3ccc4c(c5ccccc5n4-c4ccccc4)c3c12.O=[N+]([O-])c1cccc(-c2ccccc2Cl)c1-c1cccc2c1c1ccccc1n2-c1ccccc1.O=[N+]([O-])c1cccc(Cl)c1-c1cccc2c1c1ccccc1n2-c1ccccc1.O=[N+]([O-])c1cccc(Cl)c1Br.OB(O)c1cccc2c1c1ccccc1n2-c1ccccc1.OB(O)c1ccccc1Cl. The van der Waals surface area contributed by atoms with Gasteiger partial charge in [-0.3, -0.25) is 30.3 Å². The Hall–Kier alpha value is -15.7. The first-order valence-corrected chi connectivity index (χ1v) is 46.9. The topological polar surface area (TPSA) is 246 Å². The van der Waals surface area contributed by atoms with Gasteiger partial charge in [0.2, 0.25) is 0 Å². The first kappa shape index (κ1) is 93.3. The van der Waals surface area contributed by atoms with E-state index in [0.717, 1.165) is 138 Å². The van der Waals surface area contributed by atoms with Gasteiger partial charge in [-0.1, -0.05) is 331 Å². The highest BCUT2D eigenvalue weighted by Gasteiger charge is 2.30. The van der Waals surface area contributed by atoms with E-state index in [1.807, 2.05) is 200 Å². The lowest BCUT2D eigenvalue weighted by Gasteiger charge is -2.14. The van der Waals surface area contributed by atoms with Gasteiger partial charge >= 0.3 is 14.2 Å². The number of aromatic nitrogens is 5. The molecule has 18 nitrogen and oxygen atoms in total. The van der Waals surface area contributed by atoms with E-state index >= 15 is 0 Å². The Morgan fingerprint density at radius 3 is 0.979 bits per heavy atom. The molecule has 26 heteroatoms. The summed E-state index contributed by atoms with van der Waals surface area (Å²) in [7, 11) is -2.97. The number of hydrogen-bond acceptors (Lipinski definition) is 10. The Kier molecular flexibility index (Phi) is 27.3. The van der Waals surface area contributed by atoms with Crippen LogP contribution in [0.3, 0.4) is 0 Å². The molecule has 0 aliphatic rings. The van der Waals surface area contributed by atoms with Crippen LogP contribution in [0.5, 0.6) is 0 Å². The number of nitro groups is 3. The number of fused-ring (bicyclic) bond motifs is 16. The number of rotatable bonds is 13. The molecule has 5 aromatic heterocycles. The molecule has 24 aromatic rings. The third-order valence-electron chi connectivity index (χ3n) is 24.5. The molecule has 5 heterocycles. The first-order chi connectivity index (χ1) is 68.2. The molecule has 0 amide bonds. The molecule has 680 valence electrons. The molecular weight excluding hydrogens is 1920 g/mol. The van der Waals surface area contributed by atoms with Crippen molar-refractivity contribution >= 4 is 225 Å². The summed E-state index contributed by atoms with van der Waals surface area (Å²) in [6.45, 7) is 0. The number of aromatic amines is 1. The van der Waals surface area contributed by atoms with E-state index in [0.29, 0.717) is 46.6 Å². The van der Waals surface area contributed by atoms with Gasteiger partial charge in [-0.05, 0) is 178 Å². The van der Waals surface area contributed by atoms with E-state index in [9.17, 15) is 40.4 Å². The molecule has 24 rings (SSSR count). The summed E-state index contributed by atoms with van der Waals surface area (Å²) in [4.78, 5) is 36.7.